The highest BCUT2D eigenvalue weighted by Gasteiger charge is 2.72. The summed E-state index contributed by atoms with van der Waals surface area (Å²) >= 11 is 0. The average Bonchev–Trinajstić information content (AvgIpc) is 3.23. The summed E-state index contributed by atoms with van der Waals surface area (Å²) in [6.07, 6.45) is 11.5. The SMILES string of the molecule is CC(=O)O[C@H]1CC2C(CC[C@@H]3C[C@H](C)CC[C@]23C)C2CC3OC4(CCC(C)CO4)[C@@H](C)C3[C@]21C. The van der Waals surface area contributed by atoms with Crippen LogP contribution in [0.4, 0.5) is 0 Å². The third-order valence-corrected chi connectivity index (χ3v) is 12.6. The van der Waals surface area contributed by atoms with Crippen molar-refractivity contribution in [3.63, 3.8) is 0 Å². The molecule has 0 radical (unpaired) electrons. The van der Waals surface area contributed by atoms with E-state index in [2.05, 4.69) is 34.6 Å². The van der Waals surface area contributed by atoms with Crippen molar-refractivity contribution in [2.75, 3.05) is 6.61 Å². The monoisotopic (exact) mass is 472 g/mol. The van der Waals surface area contributed by atoms with E-state index >= 15 is 0 Å². The van der Waals surface area contributed by atoms with Crippen molar-refractivity contribution in [1.29, 1.82) is 0 Å². The van der Waals surface area contributed by atoms with E-state index in [4.69, 9.17) is 14.2 Å². The highest BCUT2D eigenvalue weighted by molar-refractivity contribution is 5.66. The van der Waals surface area contributed by atoms with Crippen molar-refractivity contribution in [1.82, 2.24) is 0 Å². The first kappa shape index (κ1) is 23.8. The minimum Gasteiger partial charge on any atom is -0.462 e. The average molecular weight is 473 g/mol. The molecule has 192 valence electrons. The van der Waals surface area contributed by atoms with Crippen LogP contribution in [-0.2, 0) is 19.0 Å². The summed E-state index contributed by atoms with van der Waals surface area (Å²) in [6.45, 7) is 14.6. The van der Waals surface area contributed by atoms with E-state index in [0.29, 0.717) is 35.0 Å². The summed E-state index contributed by atoms with van der Waals surface area (Å²) in [5, 5.41) is 0. The minimum atomic E-state index is -0.420. The maximum absolute atomic E-state index is 12.4. The van der Waals surface area contributed by atoms with Gasteiger partial charge in [0, 0.05) is 30.6 Å². The van der Waals surface area contributed by atoms with Gasteiger partial charge in [-0.15, -0.1) is 0 Å². The van der Waals surface area contributed by atoms with Crippen LogP contribution in [0.2, 0.25) is 0 Å². The van der Waals surface area contributed by atoms with E-state index in [1.54, 1.807) is 6.92 Å². The Kier molecular flexibility index (Phi) is 5.55. The number of carbonyl (C=O) groups excluding carboxylic acids is 1. The molecule has 13 atom stereocenters. The number of fused-ring (bicyclic) bond motifs is 7. The molecule has 2 saturated heterocycles. The number of hydrogen-bond acceptors (Lipinski definition) is 4. The zero-order chi connectivity index (χ0) is 24.0. The minimum absolute atomic E-state index is 0.00453. The maximum atomic E-state index is 12.4. The standard InChI is InChI=1S/C30H48O4/c1-17-9-11-28(5)21(13-17)7-8-22-23(28)15-26(33-20(4)31)29(6)24(22)14-25-27(29)19(3)30(34-25)12-10-18(2)16-32-30/h17-19,21-27H,7-16H2,1-6H3/t17-,18?,19+,21-,22?,23?,24?,25?,26+,27?,28+,29-,30?/m1/s1. The van der Waals surface area contributed by atoms with Gasteiger partial charge in [-0.2, -0.15) is 0 Å². The fourth-order valence-electron chi connectivity index (χ4n) is 10.8. The van der Waals surface area contributed by atoms with Gasteiger partial charge in [0.25, 0.3) is 0 Å². The van der Waals surface area contributed by atoms with Crippen molar-refractivity contribution in [2.45, 2.75) is 117 Å². The zero-order valence-electron chi connectivity index (χ0n) is 22.5. The molecule has 34 heavy (non-hydrogen) atoms. The summed E-state index contributed by atoms with van der Waals surface area (Å²) in [7, 11) is 0. The van der Waals surface area contributed by atoms with Crippen LogP contribution in [0.5, 0.6) is 0 Å². The molecule has 6 aliphatic rings. The van der Waals surface area contributed by atoms with Crippen molar-refractivity contribution in [2.24, 2.45) is 58.2 Å². The van der Waals surface area contributed by atoms with E-state index in [0.717, 1.165) is 43.6 Å². The second-order valence-corrected chi connectivity index (χ2v) is 14.2. The van der Waals surface area contributed by atoms with E-state index < -0.39 is 5.79 Å². The molecule has 6 fully saturated rings. The smallest absolute Gasteiger partial charge is 0.302 e. The Labute approximate surface area is 207 Å². The van der Waals surface area contributed by atoms with Crippen LogP contribution in [0, 0.1) is 58.2 Å². The Morgan fingerprint density at radius 2 is 1.68 bits per heavy atom. The summed E-state index contributed by atoms with van der Waals surface area (Å²) in [6, 6.07) is 0. The molecule has 2 aliphatic heterocycles. The number of ether oxygens (including phenoxy) is 3. The molecule has 0 N–H and O–H groups in total. The third kappa shape index (κ3) is 3.19. The second-order valence-electron chi connectivity index (χ2n) is 14.2. The van der Waals surface area contributed by atoms with Gasteiger partial charge in [0.1, 0.15) is 6.10 Å². The summed E-state index contributed by atoms with van der Waals surface area (Å²) in [4.78, 5) is 12.4. The number of hydrogen-bond donors (Lipinski definition) is 0. The Balaban J connectivity index is 1.34. The molecular weight excluding hydrogens is 424 g/mol. The fourth-order valence-corrected chi connectivity index (χ4v) is 10.8. The topological polar surface area (TPSA) is 44.8 Å². The van der Waals surface area contributed by atoms with Crippen LogP contribution in [0.1, 0.15) is 99.3 Å². The van der Waals surface area contributed by atoms with Crippen LogP contribution in [0.15, 0.2) is 0 Å². The van der Waals surface area contributed by atoms with Gasteiger partial charge in [0.05, 0.1) is 12.7 Å². The highest BCUT2D eigenvalue weighted by atomic mass is 16.7. The molecule has 2 heterocycles. The van der Waals surface area contributed by atoms with Crippen LogP contribution in [-0.4, -0.2) is 30.6 Å². The highest BCUT2D eigenvalue weighted by Crippen LogP contribution is 2.72. The predicted octanol–water partition coefficient (Wildman–Crippen LogP) is 6.61. The van der Waals surface area contributed by atoms with Gasteiger partial charge < -0.3 is 14.2 Å². The van der Waals surface area contributed by atoms with Gasteiger partial charge in [-0.25, -0.2) is 0 Å². The molecule has 4 nitrogen and oxygen atoms in total. The van der Waals surface area contributed by atoms with Gasteiger partial charge >= 0.3 is 5.97 Å². The van der Waals surface area contributed by atoms with Crippen LogP contribution in [0.25, 0.3) is 0 Å². The van der Waals surface area contributed by atoms with Crippen molar-refractivity contribution in [3.8, 4) is 0 Å². The molecule has 0 aromatic rings. The molecule has 1 spiro atoms. The lowest BCUT2D eigenvalue weighted by Gasteiger charge is -2.63. The molecule has 4 saturated carbocycles. The van der Waals surface area contributed by atoms with E-state index in [1.807, 2.05) is 0 Å². The largest absolute Gasteiger partial charge is 0.462 e. The van der Waals surface area contributed by atoms with Gasteiger partial charge in [-0.05, 0) is 85.9 Å². The van der Waals surface area contributed by atoms with Crippen molar-refractivity contribution < 1.29 is 19.0 Å². The molecule has 4 aliphatic carbocycles. The first-order valence-electron chi connectivity index (χ1n) is 14.6. The summed E-state index contributed by atoms with van der Waals surface area (Å²) in [5.41, 5.74) is 0.390. The molecule has 0 aromatic carbocycles. The lowest BCUT2D eigenvalue weighted by atomic mass is 9.43. The van der Waals surface area contributed by atoms with Gasteiger partial charge in [-0.1, -0.05) is 41.0 Å². The van der Waals surface area contributed by atoms with E-state index in [1.165, 1.54) is 38.5 Å². The lowest BCUT2D eigenvalue weighted by Crippen LogP contribution is -2.60. The fraction of sp³-hybridized carbons (Fsp3) is 0.967. The maximum Gasteiger partial charge on any atom is 0.302 e. The Hall–Kier alpha value is -0.610. The zero-order valence-corrected chi connectivity index (χ0v) is 22.5. The molecule has 0 aromatic heterocycles. The quantitative estimate of drug-likeness (QED) is 0.403. The summed E-state index contributed by atoms with van der Waals surface area (Å²) in [5.74, 6) is 4.56. The van der Waals surface area contributed by atoms with Gasteiger partial charge in [0.15, 0.2) is 5.79 Å². The van der Waals surface area contributed by atoms with Crippen molar-refractivity contribution in [3.05, 3.63) is 0 Å². The van der Waals surface area contributed by atoms with E-state index in [9.17, 15) is 4.79 Å². The molecular formula is C30H48O4. The number of esters is 1. The number of rotatable bonds is 1. The Bertz CT molecular complexity index is 817. The Morgan fingerprint density at radius 1 is 0.912 bits per heavy atom. The van der Waals surface area contributed by atoms with Gasteiger partial charge in [-0.3, -0.25) is 4.79 Å². The summed E-state index contributed by atoms with van der Waals surface area (Å²) < 4.78 is 19.8. The lowest BCUT2D eigenvalue weighted by molar-refractivity contribution is -0.274. The van der Waals surface area contributed by atoms with Crippen molar-refractivity contribution >= 4 is 5.97 Å². The predicted molar refractivity (Wildman–Crippen MR) is 132 cm³/mol. The first-order chi connectivity index (χ1) is 16.1. The third-order valence-electron chi connectivity index (χ3n) is 12.6. The molecule has 0 amide bonds. The van der Waals surface area contributed by atoms with Crippen LogP contribution in [0.3, 0.4) is 0 Å². The van der Waals surface area contributed by atoms with Crippen LogP contribution >= 0.6 is 0 Å². The van der Waals surface area contributed by atoms with Gasteiger partial charge in [0.2, 0.25) is 0 Å². The van der Waals surface area contributed by atoms with E-state index in [-0.39, 0.29) is 23.6 Å². The first-order valence-corrected chi connectivity index (χ1v) is 14.6. The number of carbonyl (C=O) groups is 1. The second kappa shape index (κ2) is 7.94. The molecule has 0 bridgehead atoms. The Morgan fingerprint density at radius 3 is 2.38 bits per heavy atom. The molecule has 4 heteroatoms. The normalized spacial score (nSPS) is 58.5. The molecule has 6 rings (SSSR count). The molecule has 7 unspecified atom stereocenters. The van der Waals surface area contributed by atoms with Crippen LogP contribution < -0.4 is 0 Å².